The van der Waals surface area contributed by atoms with Gasteiger partial charge in [-0.05, 0) is 49.4 Å². The normalized spacial score (nSPS) is 11.2. The Bertz CT molecular complexity index is 1110. The van der Waals surface area contributed by atoms with E-state index in [1.54, 1.807) is 6.07 Å². The fourth-order valence-electron chi connectivity index (χ4n) is 4.75. The number of aryl methyl sites for hydroxylation is 2. The molecule has 200 valence electrons. The van der Waals surface area contributed by atoms with E-state index >= 15 is 4.39 Å². The first-order chi connectivity index (χ1) is 18.0. The molecule has 1 N–H and O–H groups in total. The molecule has 2 heterocycles. The van der Waals surface area contributed by atoms with Crippen molar-refractivity contribution in [2.24, 2.45) is 0 Å². The number of benzene rings is 1. The molecule has 37 heavy (non-hydrogen) atoms. The number of unbranched alkanes of at least 4 members (excludes halogenated alkanes) is 10. The highest BCUT2D eigenvalue weighted by Gasteiger charge is 2.20. The van der Waals surface area contributed by atoms with E-state index in [2.05, 4.69) is 24.9 Å². The van der Waals surface area contributed by atoms with Gasteiger partial charge in [0.25, 0.3) is 0 Å². The largest absolute Gasteiger partial charge is 0.477 e. The second kappa shape index (κ2) is 15.7. The molecule has 0 aliphatic rings. The summed E-state index contributed by atoms with van der Waals surface area (Å²) in [6.07, 6.45) is 18.8. The Morgan fingerprint density at radius 2 is 1.46 bits per heavy atom. The van der Waals surface area contributed by atoms with Gasteiger partial charge in [-0.25, -0.2) is 9.18 Å². The molecule has 0 atom stereocenters. The highest BCUT2D eigenvalue weighted by atomic mass is 32.1. The zero-order valence-corrected chi connectivity index (χ0v) is 23.3. The van der Waals surface area contributed by atoms with Gasteiger partial charge in [0.1, 0.15) is 10.7 Å². The molecule has 5 heteroatoms. The summed E-state index contributed by atoms with van der Waals surface area (Å²) in [5.41, 5.74) is 3.44. The number of carboxylic acid groups (broad SMARTS) is 1. The smallest absolute Gasteiger partial charge is 0.346 e. The first kappa shape index (κ1) is 29.0. The van der Waals surface area contributed by atoms with Crippen LogP contribution in [0.5, 0.6) is 0 Å². The van der Waals surface area contributed by atoms with E-state index in [9.17, 15) is 9.90 Å². The minimum atomic E-state index is -1.01. The number of thiophene rings is 1. The Morgan fingerprint density at radius 3 is 2.08 bits per heavy atom. The van der Waals surface area contributed by atoms with Gasteiger partial charge in [-0.15, -0.1) is 11.3 Å². The van der Waals surface area contributed by atoms with Crippen molar-refractivity contribution in [2.75, 3.05) is 0 Å². The molecule has 2 aromatic heterocycles. The Hall–Kier alpha value is -2.53. The molecule has 0 amide bonds. The Labute approximate surface area is 226 Å². The number of rotatable bonds is 17. The van der Waals surface area contributed by atoms with Gasteiger partial charge in [0.15, 0.2) is 0 Å². The van der Waals surface area contributed by atoms with Gasteiger partial charge in [-0.3, -0.25) is 4.98 Å². The molecule has 0 fully saturated rings. The number of carbonyl (C=O) groups is 1. The zero-order chi connectivity index (χ0) is 26.5. The summed E-state index contributed by atoms with van der Waals surface area (Å²) < 4.78 is 15.2. The third kappa shape index (κ3) is 9.07. The lowest BCUT2D eigenvalue weighted by Crippen LogP contribution is -1.96. The molecule has 3 rings (SSSR count). The van der Waals surface area contributed by atoms with E-state index in [0.717, 1.165) is 42.7 Å². The first-order valence-electron chi connectivity index (χ1n) is 14.1. The minimum Gasteiger partial charge on any atom is -0.477 e. The third-order valence-electron chi connectivity index (χ3n) is 6.95. The SMILES string of the molecule is CCCCCCCCCCCc1ccc(-c2ccc(-c3cc(CCCCC)sc3C(=O)O)c(F)c2)nc1. The number of aromatic nitrogens is 1. The number of hydrogen-bond donors (Lipinski definition) is 1. The number of hydrogen-bond acceptors (Lipinski definition) is 3. The number of nitrogens with zero attached hydrogens (tertiary/aromatic N) is 1. The predicted octanol–water partition coefficient (Wildman–Crippen LogP) is 10.1. The molecule has 3 nitrogen and oxygen atoms in total. The lowest BCUT2D eigenvalue weighted by molar-refractivity contribution is 0.0703. The maximum absolute atomic E-state index is 15.2. The Kier molecular flexibility index (Phi) is 12.3. The van der Waals surface area contributed by atoms with E-state index < -0.39 is 11.8 Å². The highest BCUT2D eigenvalue weighted by Crippen LogP contribution is 2.35. The number of halogens is 1. The van der Waals surface area contributed by atoms with Crippen LogP contribution in [0.3, 0.4) is 0 Å². The number of carboxylic acids is 1. The maximum Gasteiger partial charge on any atom is 0.346 e. The molecule has 0 spiro atoms. The molecule has 3 aromatic rings. The van der Waals surface area contributed by atoms with E-state index in [-0.39, 0.29) is 4.88 Å². The van der Waals surface area contributed by atoms with Gasteiger partial charge in [-0.1, -0.05) is 96.3 Å². The Morgan fingerprint density at radius 1 is 0.811 bits per heavy atom. The van der Waals surface area contributed by atoms with Gasteiger partial charge in [0.2, 0.25) is 0 Å². The summed E-state index contributed by atoms with van der Waals surface area (Å²) in [7, 11) is 0. The summed E-state index contributed by atoms with van der Waals surface area (Å²) in [6, 6.07) is 10.9. The topological polar surface area (TPSA) is 50.2 Å². The lowest BCUT2D eigenvalue weighted by Gasteiger charge is -2.07. The monoisotopic (exact) mass is 523 g/mol. The van der Waals surface area contributed by atoms with E-state index in [1.807, 2.05) is 24.4 Å². The first-order valence-corrected chi connectivity index (χ1v) is 15.0. The zero-order valence-electron chi connectivity index (χ0n) is 22.5. The number of aromatic carboxylic acids is 1. The standard InChI is InChI=1S/C32H42FNO2S/c1-3-5-7-8-9-10-11-12-14-15-24-17-20-30(34-23-24)25-18-19-27(29(33)21-25)28-22-26(16-13-6-4-2)37-31(28)32(35)36/h17-23H,3-16H2,1-2H3,(H,35,36). The van der Waals surface area contributed by atoms with Crippen molar-refractivity contribution in [3.05, 3.63) is 63.7 Å². The molecule has 0 saturated heterocycles. The lowest BCUT2D eigenvalue weighted by atomic mass is 10.0. The summed E-state index contributed by atoms with van der Waals surface area (Å²) in [5, 5.41) is 9.68. The molecule has 1 aromatic carbocycles. The second-order valence-corrected chi connectivity index (χ2v) is 11.2. The second-order valence-electron chi connectivity index (χ2n) is 10.0. The van der Waals surface area contributed by atoms with Gasteiger partial charge < -0.3 is 5.11 Å². The van der Waals surface area contributed by atoms with Crippen molar-refractivity contribution in [2.45, 2.75) is 104 Å². The van der Waals surface area contributed by atoms with Crippen molar-refractivity contribution in [3.8, 4) is 22.4 Å². The van der Waals surface area contributed by atoms with Crippen molar-refractivity contribution in [3.63, 3.8) is 0 Å². The van der Waals surface area contributed by atoms with Crippen LogP contribution in [-0.4, -0.2) is 16.1 Å². The molecule has 0 bridgehead atoms. The summed E-state index contributed by atoms with van der Waals surface area (Å²) in [4.78, 5) is 17.6. The van der Waals surface area contributed by atoms with Gasteiger partial charge in [0.05, 0.1) is 5.69 Å². The van der Waals surface area contributed by atoms with Gasteiger partial charge >= 0.3 is 5.97 Å². The van der Waals surface area contributed by atoms with E-state index in [1.165, 1.54) is 80.8 Å². The number of pyridine rings is 1. The summed E-state index contributed by atoms with van der Waals surface area (Å²) >= 11 is 1.26. The highest BCUT2D eigenvalue weighted by molar-refractivity contribution is 7.14. The molecule has 0 unspecified atom stereocenters. The van der Waals surface area contributed by atoms with Crippen molar-refractivity contribution in [1.29, 1.82) is 0 Å². The quantitative estimate of drug-likeness (QED) is 0.179. The van der Waals surface area contributed by atoms with Gasteiger partial charge in [0, 0.05) is 27.8 Å². The van der Waals surface area contributed by atoms with Crippen LogP contribution in [0.1, 0.15) is 111 Å². The molecule has 0 aliphatic carbocycles. The van der Waals surface area contributed by atoms with Crippen LogP contribution in [0.2, 0.25) is 0 Å². The molecular weight excluding hydrogens is 481 g/mol. The van der Waals surface area contributed by atoms with Crippen LogP contribution in [0.4, 0.5) is 4.39 Å². The fraction of sp³-hybridized carbons (Fsp3) is 0.500. The van der Waals surface area contributed by atoms with Crippen LogP contribution in [0.25, 0.3) is 22.4 Å². The molecule has 0 aliphatic heterocycles. The van der Waals surface area contributed by atoms with Crippen molar-refractivity contribution in [1.82, 2.24) is 4.98 Å². The average Bonchev–Trinajstić information content (AvgIpc) is 3.32. The van der Waals surface area contributed by atoms with E-state index in [4.69, 9.17) is 0 Å². The molecular formula is C32H42FNO2S. The molecule has 0 saturated carbocycles. The van der Waals surface area contributed by atoms with Crippen LogP contribution >= 0.6 is 11.3 Å². The third-order valence-corrected chi connectivity index (χ3v) is 8.14. The predicted molar refractivity (Wildman–Crippen MR) is 154 cm³/mol. The van der Waals surface area contributed by atoms with Crippen molar-refractivity contribution >= 4 is 17.3 Å². The van der Waals surface area contributed by atoms with Crippen LogP contribution < -0.4 is 0 Å². The van der Waals surface area contributed by atoms with Crippen LogP contribution in [0.15, 0.2) is 42.6 Å². The van der Waals surface area contributed by atoms with Gasteiger partial charge in [-0.2, -0.15) is 0 Å². The van der Waals surface area contributed by atoms with Crippen LogP contribution in [0, 0.1) is 5.82 Å². The minimum absolute atomic E-state index is 0.206. The van der Waals surface area contributed by atoms with Crippen molar-refractivity contribution < 1.29 is 14.3 Å². The maximum atomic E-state index is 15.2. The van der Waals surface area contributed by atoms with E-state index in [0.29, 0.717) is 16.7 Å². The average molecular weight is 524 g/mol. The Balaban J connectivity index is 1.57. The van der Waals surface area contributed by atoms with Crippen LogP contribution in [-0.2, 0) is 12.8 Å². The summed E-state index contributed by atoms with van der Waals surface area (Å²) in [5.74, 6) is -1.42. The summed E-state index contributed by atoms with van der Waals surface area (Å²) in [6.45, 7) is 4.39. The fourth-order valence-corrected chi connectivity index (χ4v) is 5.80. The molecule has 0 radical (unpaired) electrons.